The monoisotopic (exact) mass is 418 g/mol. The van der Waals surface area contributed by atoms with Gasteiger partial charge in [0.05, 0.1) is 6.42 Å². The zero-order chi connectivity index (χ0) is 21.2. The number of carbonyl (C=O) groups is 2. The number of para-hydroxylation sites is 1. The number of nitrogens with zero attached hydrogens (tertiary/aromatic N) is 3. The van der Waals surface area contributed by atoms with Crippen LogP contribution in [0.2, 0.25) is 0 Å². The van der Waals surface area contributed by atoms with E-state index in [1.54, 1.807) is 4.90 Å². The van der Waals surface area contributed by atoms with Gasteiger partial charge in [0.25, 0.3) is 5.91 Å². The number of carbonyl (C=O) groups excluding carboxylic acids is 2. The molecule has 0 unspecified atom stereocenters. The number of nitrogens with one attached hydrogen (secondary N) is 1. The van der Waals surface area contributed by atoms with Gasteiger partial charge in [-0.2, -0.15) is 4.98 Å². The van der Waals surface area contributed by atoms with E-state index < -0.39 is 0 Å². The molecule has 1 fully saturated rings. The van der Waals surface area contributed by atoms with Crippen molar-refractivity contribution in [3.05, 3.63) is 60.0 Å². The van der Waals surface area contributed by atoms with Crippen molar-refractivity contribution in [3.63, 3.8) is 0 Å². The van der Waals surface area contributed by atoms with E-state index in [1.807, 2.05) is 48.5 Å². The summed E-state index contributed by atoms with van der Waals surface area (Å²) in [5.74, 6) is 1.42. The van der Waals surface area contributed by atoms with Crippen LogP contribution in [-0.4, -0.2) is 40.0 Å². The Labute approximate surface area is 179 Å². The van der Waals surface area contributed by atoms with Crippen molar-refractivity contribution in [2.24, 2.45) is 0 Å². The number of piperidine rings is 1. The molecular formula is C23H22N4O4. The second-order valence-electron chi connectivity index (χ2n) is 7.75. The summed E-state index contributed by atoms with van der Waals surface area (Å²) >= 11 is 0. The molecule has 0 bridgehead atoms. The van der Waals surface area contributed by atoms with Gasteiger partial charge in [0.1, 0.15) is 11.8 Å². The molecule has 0 spiro atoms. The molecule has 1 saturated heterocycles. The molecular weight excluding hydrogens is 396 g/mol. The topological polar surface area (TPSA) is 97.6 Å². The molecule has 0 aliphatic carbocycles. The summed E-state index contributed by atoms with van der Waals surface area (Å²) in [6, 6.07) is 14.6. The van der Waals surface area contributed by atoms with Crippen LogP contribution in [0.15, 0.2) is 53.1 Å². The number of fused-ring (bicyclic) bond motifs is 1. The van der Waals surface area contributed by atoms with Crippen LogP contribution < -0.4 is 10.1 Å². The summed E-state index contributed by atoms with van der Waals surface area (Å²) < 4.78 is 11.2. The Kier molecular flexibility index (Phi) is 5.11. The molecule has 0 saturated carbocycles. The quantitative estimate of drug-likeness (QED) is 0.682. The molecule has 158 valence electrons. The van der Waals surface area contributed by atoms with Crippen molar-refractivity contribution in [1.82, 2.24) is 15.0 Å². The third-order valence-electron chi connectivity index (χ3n) is 5.64. The number of ether oxygens (including phenoxy) is 1. The number of anilines is 1. The Bertz CT molecular complexity index is 1110. The molecule has 8 heteroatoms. The Morgan fingerprint density at radius 2 is 2.06 bits per heavy atom. The number of hydrogen-bond donors (Lipinski definition) is 1. The normalized spacial score (nSPS) is 17.9. The third kappa shape index (κ3) is 4.01. The van der Waals surface area contributed by atoms with E-state index >= 15 is 0 Å². The fourth-order valence-electron chi connectivity index (χ4n) is 4.09. The lowest BCUT2D eigenvalue weighted by molar-refractivity contribution is -0.138. The van der Waals surface area contributed by atoms with Crippen LogP contribution in [0.4, 0.5) is 5.69 Å². The molecule has 1 N–H and O–H groups in total. The Morgan fingerprint density at radius 1 is 1.19 bits per heavy atom. The summed E-state index contributed by atoms with van der Waals surface area (Å²) in [6.07, 6.45) is 3.03. The number of rotatable bonds is 5. The summed E-state index contributed by atoms with van der Waals surface area (Å²) in [6.45, 7) is 0.597. The van der Waals surface area contributed by atoms with E-state index in [2.05, 4.69) is 15.5 Å². The average molecular weight is 418 g/mol. The maximum Gasteiger partial charge on any atom is 0.261 e. The Morgan fingerprint density at radius 3 is 2.94 bits per heavy atom. The van der Waals surface area contributed by atoms with Crippen LogP contribution >= 0.6 is 0 Å². The fourth-order valence-corrected chi connectivity index (χ4v) is 4.09. The van der Waals surface area contributed by atoms with E-state index in [0.717, 1.165) is 36.1 Å². The van der Waals surface area contributed by atoms with Crippen molar-refractivity contribution in [2.45, 2.75) is 31.7 Å². The highest BCUT2D eigenvalue weighted by atomic mass is 16.5. The number of aromatic nitrogens is 2. The number of hydrogen-bond acceptors (Lipinski definition) is 6. The zero-order valence-electron chi connectivity index (χ0n) is 16.9. The van der Waals surface area contributed by atoms with Gasteiger partial charge in [0.15, 0.2) is 6.61 Å². The van der Waals surface area contributed by atoms with Crippen molar-refractivity contribution in [1.29, 1.82) is 0 Å². The smallest absolute Gasteiger partial charge is 0.261 e. The molecule has 5 rings (SSSR count). The van der Waals surface area contributed by atoms with Crippen molar-refractivity contribution < 1.29 is 18.8 Å². The van der Waals surface area contributed by atoms with Gasteiger partial charge < -0.3 is 19.5 Å². The summed E-state index contributed by atoms with van der Waals surface area (Å²) in [4.78, 5) is 30.8. The van der Waals surface area contributed by atoms with E-state index in [0.29, 0.717) is 30.4 Å². The Hall–Kier alpha value is -3.68. The molecule has 1 aromatic heterocycles. The number of benzene rings is 2. The first-order valence-corrected chi connectivity index (χ1v) is 10.4. The highest BCUT2D eigenvalue weighted by Gasteiger charge is 2.32. The van der Waals surface area contributed by atoms with Gasteiger partial charge in [0, 0.05) is 17.8 Å². The zero-order valence-corrected chi connectivity index (χ0v) is 16.9. The van der Waals surface area contributed by atoms with Crippen LogP contribution in [-0.2, 0) is 16.0 Å². The third-order valence-corrected chi connectivity index (χ3v) is 5.64. The maximum absolute atomic E-state index is 12.9. The SMILES string of the molecule is O=C1Cc2cc(-c3noc([C@H]4CCCCN4C(=O)COc4ccccc4)n3)ccc2N1. The van der Waals surface area contributed by atoms with Crippen LogP contribution in [0.25, 0.3) is 11.4 Å². The van der Waals surface area contributed by atoms with Gasteiger partial charge in [-0.3, -0.25) is 9.59 Å². The van der Waals surface area contributed by atoms with Crippen molar-refractivity contribution in [2.75, 3.05) is 18.5 Å². The predicted molar refractivity (Wildman–Crippen MR) is 112 cm³/mol. The highest BCUT2D eigenvalue weighted by molar-refractivity contribution is 5.99. The van der Waals surface area contributed by atoms with Gasteiger partial charge in [-0.1, -0.05) is 23.4 Å². The van der Waals surface area contributed by atoms with Gasteiger partial charge in [-0.25, -0.2) is 0 Å². The molecule has 3 heterocycles. The second-order valence-corrected chi connectivity index (χ2v) is 7.75. The van der Waals surface area contributed by atoms with E-state index in [-0.39, 0.29) is 24.5 Å². The van der Waals surface area contributed by atoms with Crippen LogP contribution in [0.3, 0.4) is 0 Å². The molecule has 2 aliphatic heterocycles. The van der Waals surface area contributed by atoms with Gasteiger partial charge in [0.2, 0.25) is 17.6 Å². The minimum absolute atomic E-state index is 0.0185. The molecule has 3 aromatic rings. The van der Waals surface area contributed by atoms with Crippen molar-refractivity contribution >= 4 is 17.5 Å². The summed E-state index contributed by atoms with van der Waals surface area (Å²) in [5, 5.41) is 6.95. The molecule has 2 amide bonds. The molecule has 8 nitrogen and oxygen atoms in total. The van der Waals surface area contributed by atoms with Crippen molar-refractivity contribution in [3.8, 4) is 17.1 Å². The standard InChI is InChI=1S/C23H22N4O4/c28-20-13-16-12-15(9-10-18(16)24-20)22-25-23(31-26-22)19-8-4-5-11-27(19)21(29)14-30-17-6-2-1-3-7-17/h1-3,6-7,9-10,12,19H,4-5,8,11,13-14H2,(H,24,28)/t19-/m1/s1. The van der Waals surface area contributed by atoms with Crippen LogP contribution in [0, 0.1) is 0 Å². The van der Waals surface area contributed by atoms with Gasteiger partial charge in [-0.15, -0.1) is 0 Å². The minimum atomic E-state index is -0.264. The summed E-state index contributed by atoms with van der Waals surface area (Å²) in [5.41, 5.74) is 2.52. The second kappa shape index (κ2) is 8.22. The molecule has 2 aliphatic rings. The van der Waals surface area contributed by atoms with Crippen LogP contribution in [0.5, 0.6) is 5.75 Å². The predicted octanol–water partition coefficient (Wildman–Crippen LogP) is 3.36. The number of likely N-dealkylation sites (tertiary alicyclic amines) is 1. The molecule has 1 atom stereocenters. The minimum Gasteiger partial charge on any atom is -0.484 e. The number of amides is 2. The van der Waals surface area contributed by atoms with E-state index in [1.165, 1.54) is 0 Å². The fraction of sp³-hybridized carbons (Fsp3) is 0.304. The van der Waals surface area contributed by atoms with Crippen LogP contribution in [0.1, 0.15) is 36.8 Å². The van der Waals surface area contributed by atoms with E-state index in [4.69, 9.17) is 9.26 Å². The van der Waals surface area contributed by atoms with Gasteiger partial charge in [-0.05, 0) is 55.2 Å². The lowest BCUT2D eigenvalue weighted by Crippen LogP contribution is -2.41. The first-order chi connectivity index (χ1) is 15.2. The Balaban J connectivity index is 1.32. The van der Waals surface area contributed by atoms with E-state index in [9.17, 15) is 9.59 Å². The molecule has 0 radical (unpaired) electrons. The lowest BCUT2D eigenvalue weighted by Gasteiger charge is -2.33. The van der Waals surface area contributed by atoms with Gasteiger partial charge >= 0.3 is 0 Å². The first kappa shape index (κ1) is 19.3. The maximum atomic E-state index is 12.9. The average Bonchev–Trinajstić information content (AvgIpc) is 3.43. The molecule has 2 aromatic carbocycles. The largest absolute Gasteiger partial charge is 0.484 e. The lowest BCUT2D eigenvalue weighted by atomic mass is 10.0. The molecule has 31 heavy (non-hydrogen) atoms. The summed E-state index contributed by atoms with van der Waals surface area (Å²) in [7, 11) is 0. The first-order valence-electron chi connectivity index (χ1n) is 10.4. The highest BCUT2D eigenvalue weighted by Crippen LogP contribution is 2.32.